The molecule has 0 heterocycles. The van der Waals surface area contributed by atoms with Crippen LogP contribution in [-0.4, -0.2) is 7.11 Å². The molecular formula is C16H27NO. The molecule has 1 atom stereocenters. The Labute approximate surface area is 112 Å². The van der Waals surface area contributed by atoms with Crippen LogP contribution in [0.15, 0.2) is 24.3 Å². The molecule has 0 aliphatic rings. The summed E-state index contributed by atoms with van der Waals surface area (Å²) in [5.41, 5.74) is 7.27. The van der Waals surface area contributed by atoms with Crippen LogP contribution in [0.4, 0.5) is 0 Å². The molecule has 0 fully saturated rings. The molecule has 1 aromatic rings. The Hall–Kier alpha value is -1.02. The molecule has 0 aromatic heterocycles. The van der Waals surface area contributed by atoms with Crippen LogP contribution in [0, 0.1) is 0 Å². The molecular weight excluding hydrogens is 222 g/mol. The molecule has 0 aliphatic heterocycles. The normalized spacial score (nSPS) is 14.2. The van der Waals surface area contributed by atoms with Gasteiger partial charge in [-0.2, -0.15) is 0 Å². The molecule has 2 heteroatoms. The van der Waals surface area contributed by atoms with Crippen LogP contribution in [0.2, 0.25) is 0 Å². The maximum atomic E-state index is 6.45. The molecule has 0 amide bonds. The van der Waals surface area contributed by atoms with Crippen molar-refractivity contribution in [3.05, 3.63) is 29.8 Å². The van der Waals surface area contributed by atoms with Crippen molar-refractivity contribution in [2.75, 3.05) is 7.11 Å². The third-order valence-corrected chi connectivity index (χ3v) is 3.52. The molecule has 0 aliphatic carbocycles. The summed E-state index contributed by atoms with van der Waals surface area (Å²) in [4.78, 5) is 0. The number of nitrogens with two attached hydrogens (primary N) is 1. The summed E-state index contributed by atoms with van der Waals surface area (Å²) in [5, 5.41) is 0. The Balaban J connectivity index is 2.56. The van der Waals surface area contributed by atoms with Crippen LogP contribution in [0.3, 0.4) is 0 Å². The van der Waals surface area contributed by atoms with E-state index in [-0.39, 0.29) is 5.54 Å². The van der Waals surface area contributed by atoms with E-state index in [0.29, 0.717) is 0 Å². The van der Waals surface area contributed by atoms with E-state index in [9.17, 15) is 0 Å². The number of benzene rings is 1. The lowest BCUT2D eigenvalue weighted by Crippen LogP contribution is -2.33. The van der Waals surface area contributed by atoms with Crippen molar-refractivity contribution < 1.29 is 4.74 Å². The van der Waals surface area contributed by atoms with Gasteiger partial charge in [-0.3, -0.25) is 0 Å². The van der Waals surface area contributed by atoms with Crippen LogP contribution in [0.25, 0.3) is 0 Å². The molecule has 18 heavy (non-hydrogen) atoms. The molecule has 1 aromatic carbocycles. The Kier molecular flexibility index (Phi) is 6.20. The Morgan fingerprint density at radius 3 is 2.44 bits per heavy atom. The van der Waals surface area contributed by atoms with Crippen molar-refractivity contribution >= 4 is 0 Å². The topological polar surface area (TPSA) is 35.2 Å². The first-order chi connectivity index (χ1) is 8.61. The number of hydrogen-bond acceptors (Lipinski definition) is 2. The van der Waals surface area contributed by atoms with Gasteiger partial charge in [0.15, 0.2) is 0 Å². The molecule has 0 saturated heterocycles. The maximum absolute atomic E-state index is 6.45. The van der Waals surface area contributed by atoms with Crippen molar-refractivity contribution in [1.82, 2.24) is 0 Å². The van der Waals surface area contributed by atoms with Crippen molar-refractivity contribution in [2.24, 2.45) is 5.73 Å². The number of hydrogen-bond donors (Lipinski definition) is 1. The Morgan fingerprint density at radius 1 is 1.11 bits per heavy atom. The summed E-state index contributed by atoms with van der Waals surface area (Å²) in [6, 6.07) is 8.07. The molecule has 0 bridgehead atoms. The third kappa shape index (κ3) is 4.34. The van der Waals surface area contributed by atoms with Crippen LogP contribution >= 0.6 is 0 Å². The first kappa shape index (κ1) is 15.0. The number of para-hydroxylation sites is 1. The van der Waals surface area contributed by atoms with Gasteiger partial charge in [-0.05, 0) is 19.4 Å². The highest BCUT2D eigenvalue weighted by atomic mass is 16.5. The van der Waals surface area contributed by atoms with Crippen molar-refractivity contribution in [3.8, 4) is 5.75 Å². The predicted octanol–water partition coefficient (Wildman–Crippen LogP) is 4.23. The van der Waals surface area contributed by atoms with E-state index in [4.69, 9.17) is 10.5 Å². The van der Waals surface area contributed by atoms with Gasteiger partial charge < -0.3 is 10.5 Å². The molecule has 0 radical (unpaired) electrons. The zero-order valence-electron chi connectivity index (χ0n) is 12.0. The highest BCUT2D eigenvalue weighted by Crippen LogP contribution is 2.31. The summed E-state index contributed by atoms with van der Waals surface area (Å²) < 4.78 is 5.40. The second kappa shape index (κ2) is 7.42. The average Bonchev–Trinajstić information content (AvgIpc) is 2.38. The summed E-state index contributed by atoms with van der Waals surface area (Å²) in [6.45, 7) is 4.34. The number of rotatable bonds is 8. The van der Waals surface area contributed by atoms with Gasteiger partial charge >= 0.3 is 0 Å². The minimum atomic E-state index is -0.293. The van der Waals surface area contributed by atoms with Crippen LogP contribution in [-0.2, 0) is 5.54 Å². The smallest absolute Gasteiger partial charge is 0.123 e. The monoisotopic (exact) mass is 249 g/mol. The van der Waals surface area contributed by atoms with Gasteiger partial charge in [-0.15, -0.1) is 0 Å². The quantitative estimate of drug-likeness (QED) is 0.700. The van der Waals surface area contributed by atoms with Gasteiger partial charge in [0.05, 0.1) is 7.11 Å². The van der Waals surface area contributed by atoms with Crippen LogP contribution in [0.5, 0.6) is 5.75 Å². The molecule has 1 rings (SSSR count). The highest BCUT2D eigenvalue weighted by molar-refractivity contribution is 5.38. The van der Waals surface area contributed by atoms with Gasteiger partial charge in [-0.25, -0.2) is 0 Å². The lowest BCUT2D eigenvalue weighted by Gasteiger charge is -2.27. The molecule has 2 nitrogen and oxygen atoms in total. The fraction of sp³-hybridized carbons (Fsp3) is 0.625. The van der Waals surface area contributed by atoms with E-state index >= 15 is 0 Å². The lowest BCUT2D eigenvalue weighted by atomic mass is 9.87. The van der Waals surface area contributed by atoms with Gasteiger partial charge in [0.25, 0.3) is 0 Å². The maximum Gasteiger partial charge on any atom is 0.123 e. The minimum absolute atomic E-state index is 0.293. The number of unbranched alkanes of at least 4 members (excludes halogenated alkanes) is 4. The van der Waals surface area contributed by atoms with E-state index in [0.717, 1.165) is 17.7 Å². The largest absolute Gasteiger partial charge is 0.496 e. The van der Waals surface area contributed by atoms with E-state index in [1.54, 1.807) is 7.11 Å². The van der Waals surface area contributed by atoms with Gasteiger partial charge in [-0.1, -0.05) is 57.2 Å². The summed E-state index contributed by atoms with van der Waals surface area (Å²) in [5.74, 6) is 0.899. The molecule has 102 valence electrons. The standard InChI is InChI=1S/C16H27NO/c1-4-5-6-7-10-13-16(2,17)14-11-8-9-12-15(14)18-3/h8-9,11-12H,4-7,10,13,17H2,1-3H3. The average molecular weight is 249 g/mol. The van der Waals surface area contributed by atoms with Crippen molar-refractivity contribution in [2.45, 2.75) is 57.9 Å². The molecule has 1 unspecified atom stereocenters. The van der Waals surface area contributed by atoms with Crippen LogP contribution in [0.1, 0.15) is 57.9 Å². The second-order valence-corrected chi connectivity index (χ2v) is 5.28. The molecule has 0 saturated carbocycles. The molecule has 0 spiro atoms. The van der Waals surface area contributed by atoms with Crippen LogP contribution < -0.4 is 10.5 Å². The first-order valence-corrected chi connectivity index (χ1v) is 7.04. The second-order valence-electron chi connectivity index (χ2n) is 5.28. The van der Waals surface area contributed by atoms with Gasteiger partial charge in [0, 0.05) is 11.1 Å². The van der Waals surface area contributed by atoms with E-state index in [1.807, 2.05) is 18.2 Å². The lowest BCUT2D eigenvalue weighted by molar-refractivity contribution is 0.370. The highest BCUT2D eigenvalue weighted by Gasteiger charge is 2.23. The summed E-state index contributed by atoms with van der Waals surface area (Å²) in [7, 11) is 1.70. The van der Waals surface area contributed by atoms with Crippen molar-refractivity contribution in [3.63, 3.8) is 0 Å². The van der Waals surface area contributed by atoms with Crippen molar-refractivity contribution in [1.29, 1.82) is 0 Å². The van der Waals surface area contributed by atoms with E-state index in [2.05, 4.69) is 19.9 Å². The minimum Gasteiger partial charge on any atom is -0.496 e. The Bertz CT molecular complexity index is 347. The van der Waals surface area contributed by atoms with E-state index < -0.39 is 0 Å². The SMILES string of the molecule is CCCCCCCC(C)(N)c1ccccc1OC. The predicted molar refractivity (Wildman–Crippen MR) is 77.9 cm³/mol. The van der Waals surface area contributed by atoms with E-state index in [1.165, 1.54) is 32.1 Å². The molecule has 2 N–H and O–H groups in total. The van der Waals surface area contributed by atoms with Gasteiger partial charge in [0.2, 0.25) is 0 Å². The first-order valence-electron chi connectivity index (χ1n) is 7.04. The summed E-state index contributed by atoms with van der Waals surface area (Å²) >= 11 is 0. The zero-order valence-corrected chi connectivity index (χ0v) is 12.0. The zero-order chi connectivity index (χ0) is 13.4. The number of methoxy groups -OCH3 is 1. The Morgan fingerprint density at radius 2 is 1.78 bits per heavy atom. The fourth-order valence-corrected chi connectivity index (χ4v) is 2.35. The van der Waals surface area contributed by atoms with Gasteiger partial charge in [0.1, 0.15) is 5.75 Å². The summed E-state index contributed by atoms with van der Waals surface area (Å²) in [6.07, 6.45) is 7.40. The fourth-order valence-electron chi connectivity index (χ4n) is 2.35. The third-order valence-electron chi connectivity index (χ3n) is 3.52. The number of ether oxygens (including phenoxy) is 1.